The van der Waals surface area contributed by atoms with E-state index in [4.69, 9.17) is 14.2 Å². The third kappa shape index (κ3) is 6.39. The second kappa shape index (κ2) is 12.3. The molecule has 3 rings (SSSR count). The Hall–Kier alpha value is -3.93. The van der Waals surface area contributed by atoms with Gasteiger partial charge in [0.2, 0.25) is 11.5 Å². The van der Waals surface area contributed by atoms with Gasteiger partial charge in [-0.05, 0) is 45.2 Å². The molecule has 0 saturated heterocycles. The van der Waals surface area contributed by atoms with Crippen molar-refractivity contribution in [3.8, 4) is 17.4 Å². The zero-order valence-electron chi connectivity index (χ0n) is 23.9. The number of hydrogen-bond acceptors (Lipinski definition) is 9. The predicted octanol–water partition coefficient (Wildman–Crippen LogP) is 2.74. The number of amides is 1. The Morgan fingerprint density at radius 2 is 1.85 bits per heavy atom. The number of carbonyl (C=O) groups is 2. The monoisotopic (exact) mass is 542 g/mol. The first-order valence-corrected chi connectivity index (χ1v) is 12.9. The number of Topliss-reactive ketones (excluding diaryl/α,β-unsaturated/α-hetero) is 1. The lowest BCUT2D eigenvalue weighted by molar-refractivity contribution is 0.0965. The standard InChI is InChI=1S/C27H38N6O6/c1-9-28-25-32(30-23-16(3)17(4)24(31-33(23)25)39-26(36)29-10-2)15-20(35)18-13-19(27(5,6)7)22(37-8)21(14-18)38-12-11-34/h13-14,34H,9-12,15H2,1-8H3,(H,29,36). The summed E-state index contributed by atoms with van der Waals surface area (Å²) in [5.41, 5.74) is 3.07. The zero-order chi connectivity index (χ0) is 28.9. The highest BCUT2D eigenvalue weighted by Gasteiger charge is 2.26. The lowest BCUT2D eigenvalue weighted by Crippen LogP contribution is -2.30. The van der Waals surface area contributed by atoms with Gasteiger partial charge in [0, 0.05) is 35.3 Å². The van der Waals surface area contributed by atoms with Crippen LogP contribution < -0.4 is 25.1 Å². The molecular formula is C27H38N6O6. The van der Waals surface area contributed by atoms with E-state index in [1.165, 1.54) is 9.20 Å². The molecule has 0 aliphatic carbocycles. The molecule has 1 aromatic carbocycles. The molecule has 0 aliphatic rings. The van der Waals surface area contributed by atoms with Crippen LogP contribution in [0.25, 0.3) is 5.65 Å². The fraction of sp³-hybridized carbons (Fsp3) is 0.519. The van der Waals surface area contributed by atoms with E-state index >= 15 is 0 Å². The van der Waals surface area contributed by atoms with E-state index < -0.39 is 6.09 Å². The van der Waals surface area contributed by atoms with Gasteiger partial charge in [0.1, 0.15) is 13.2 Å². The van der Waals surface area contributed by atoms with Gasteiger partial charge in [0.15, 0.2) is 22.9 Å². The highest BCUT2D eigenvalue weighted by atomic mass is 16.6. The van der Waals surface area contributed by atoms with Crippen molar-refractivity contribution in [2.75, 3.05) is 33.4 Å². The Morgan fingerprint density at radius 1 is 1.13 bits per heavy atom. The van der Waals surface area contributed by atoms with Gasteiger partial charge in [-0.1, -0.05) is 20.8 Å². The summed E-state index contributed by atoms with van der Waals surface area (Å²) in [5, 5.41) is 21.0. The van der Waals surface area contributed by atoms with E-state index in [9.17, 15) is 14.7 Å². The maximum atomic E-state index is 13.6. The number of nitrogens with zero attached hydrogens (tertiary/aromatic N) is 5. The van der Waals surface area contributed by atoms with Crippen LogP contribution in [0.2, 0.25) is 0 Å². The summed E-state index contributed by atoms with van der Waals surface area (Å²) in [6.07, 6.45) is -0.614. The Morgan fingerprint density at radius 3 is 2.44 bits per heavy atom. The number of ether oxygens (including phenoxy) is 3. The first-order valence-electron chi connectivity index (χ1n) is 12.9. The van der Waals surface area contributed by atoms with E-state index in [-0.39, 0.29) is 36.8 Å². The number of aliphatic hydroxyl groups is 1. The average Bonchev–Trinajstić information content (AvgIpc) is 3.21. The van der Waals surface area contributed by atoms with Crippen molar-refractivity contribution in [3.63, 3.8) is 0 Å². The van der Waals surface area contributed by atoms with E-state index in [2.05, 4.69) is 20.5 Å². The molecule has 0 atom stereocenters. The van der Waals surface area contributed by atoms with Crippen molar-refractivity contribution in [1.29, 1.82) is 0 Å². The molecule has 212 valence electrons. The molecule has 2 N–H and O–H groups in total. The van der Waals surface area contributed by atoms with Crippen LogP contribution in [0.5, 0.6) is 17.4 Å². The SMILES string of the molecule is CCN=c1n(CC(=O)c2cc(OCCO)c(OC)c(C(C)(C)C)c2)nc2c(C)c(C)c(OC(=O)NCC)nn12. The molecule has 39 heavy (non-hydrogen) atoms. The van der Waals surface area contributed by atoms with Gasteiger partial charge in [-0.3, -0.25) is 4.79 Å². The van der Waals surface area contributed by atoms with Crippen molar-refractivity contribution in [1.82, 2.24) is 24.7 Å². The van der Waals surface area contributed by atoms with E-state index in [1.54, 1.807) is 33.1 Å². The van der Waals surface area contributed by atoms with Gasteiger partial charge < -0.3 is 24.6 Å². The summed E-state index contributed by atoms with van der Waals surface area (Å²) in [4.78, 5) is 30.2. The molecule has 0 bridgehead atoms. The minimum Gasteiger partial charge on any atom is -0.493 e. The smallest absolute Gasteiger partial charge is 0.413 e. The number of fused-ring (bicyclic) bond motifs is 1. The Kier molecular flexibility index (Phi) is 9.33. The van der Waals surface area contributed by atoms with Crippen molar-refractivity contribution < 1.29 is 28.9 Å². The van der Waals surface area contributed by atoms with Gasteiger partial charge in [0.25, 0.3) is 0 Å². The minimum absolute atomic E-state index is 0.0588. The van der Waals surface area contributed by atoms with Gasteiger partial charge in [-0.2, -0.15) is 4.52 Å². The number of carbonyl (C=O) groups excluding carboxylic acids is 2. The average molecular weight is 543 g/mol. The summed E-state index contributed by atoms with van der Waals surface area (Å²) in [5.74, 6) is 0.793. The van der Waals surface area contributed by atoms with Crippen LogP contribution in [-0.4, -0.2) is 69.8 Å². The Bertz CT molecular complexity index is 1430. The maximum Gasteiger partial charge on any atom is 0.413 e. The number of nitrogens with one attached hydrogen (secondary N) is 1. The largest absolute Gasteiger partial charge is 0.493 e. The number of hydrogen-bond donors (Lipinski definition) is 2. The highest BCUT2D eigenvalue weighted by molar-refractivity contribution is 5.97. The van der Waals surface area contributed by atoms with Gasteiger partial charge in [0.05, 0.1) is 13.7 Å². The van der Waals surface area contributed by atoms with Crippen molar-refractivity contribution >= 4 is 17.5 Å². The molecule has 1 amide bonds. The van der Waals surface area contributed by atoms with Crippen LogP contribution in [0.1, 0.15) is 61.7 Å². The van der Waals surface area contributed by atoms with Crippen molar-refractivity contribution in [2.24, 2.45) is 4.99 Å². The third-order valence-electron chi connectivity index (χ3n) is 6.09. The van der Waals surface area contributed by atoms with Crippen molar-refractivity contribution in [3.05, 3.63) is 40.0 Å². The molecule has 0 unspecified atom stereocenters. The van der Waals surface area contributed by atoms with Crippen molar-refractivity contribution in [2.45, 2.75) is 60.4 Å². The predicted molar refractivity (Wildman–Crippen MR) is 145 cm³/mol. The first-order chi connectivity index (χ1) is 18.5. The van der Waals surface area contributed by atoms with Gasteiger partial charge in [-0.15, -0.1) is 10.2 Å². The van der Waals surface area contributed by atoms with Gasteiger partial charge >= 0.3 is 6.09 Å². The van der Waals surface area contributed by atoms with E-state index in [0.717, 1.165) is 11.1 Å². The highest BCUT2D eigenvalue weighted by Crippen LogP contribution is 2.40. The first kappa shape index (κ1) is 29.6. The number of methoxy groups -OCH3 is 1. The summed E-state index contributed by atoms with van der Waals surface area (Å²) in [7, 11) is 1.55. The Balaban J connectivity index is 2.12. The Labute approximate surface area is 227 Å². The molecule has 3 aromatic rings. The molecule has 12 nitrogen and oxygen atoms in total. The third-order valence-corrected chi connectivity index (χ3v) is 6.09. The van der Waals surface area contributed by atoms with Crippen LogP contribution in [0, 0.1) is 13.8 Å². The van der Waals surface area contributed by atoms with Gasteiger partial charge in [-0.25, -0.2) is 14.5 Å². The molecule has 0 aliphatic heterocycles. The lowest BCUT2D eigenvalue weighted by atomic mass is 9.84. The number of aromatic nitrogens is 4. The fourth-order valence-electron chi connectivity index (χ4n) is 4.01. The molecule has 2 aromatic heterocycles. The maximum absolute atomic E-state index is 13.6. The van der Waals surface area contributed by atoms with E-state index in [1.807, 2.05) is 34.6 Å². The number of ketones is 1. The molecule has 0 saturated carbocycles. The molecular weight excluding hydrogens is 504 g/mol. The topological polar surface area (TPSA) is 142 Å². The molecule has 0 radical (unpaired) electrons. The van der Waals surface area contributed by atoms with E-state index in [0.29, 0.717) is 47.0 Å². The summed E-state index contributed by atoms with van der Waals surface area (Å²) in [6, 6.07) is 3.41. The van der Waals surface area contributed by atoms with Crippen LogP contribution in [-0.2, 0) is 12.0 Å². The minimum atomic E-state index is -0.614. The lowest BCUT2D eigenvalue weighted by Gasteiger charge is -2.25. The van der Waals surface area contributed by atoms with Crippen LogP contribution >= 0.6 is 0 Å². The molecule has 12 heteroatoms. The summed E-state index contributed by atoms with van der Waals surface area (Å²) >= 11 is 0. The second-order valence-electron chi connectivity index (χ2n) is 9.94. The number of aryl methyl sites for hydroxylation is 1. The molecule has 0 spiro atoms. The van der Waals surface area contributed by atoms with Crippen LogP contribution in [0.4, 0.5) is 4.79 Å². The molecule has 2 heterocycles. The fourth-order valence-corrected chi connectivity index (χ4v) is 4.01. The normalized spacial score (nSPS) is 12.1. The number of aliphatic hydroxyl groups excluding tert-OH is 1. The van der Waals surface area contributed by atoms with Crippen LogP contribution in [0.3, 0.4) is 0 Å². The summed E-state index contributed by atoms with van der Waals surface area (Å²) in [6.45, 7) is 13.9. The summed E-state index contributed by atoms with van der Waals surface area (Å²) < 4.78 is 19.7. The zero-order valence-corrected chi connectivity index (χ0v) is 23.9. The second-order valence-corrected chi connectivity index (χ2v) is 9.94. The number of rotatable bonds is 10. The van der Waals surface area contributed by atoms with Crippen LogP contribution in [0.15, 0.2) is 17.1 Å². The quantitative estimate of drug-likeness (QED) is 0.373. The molecule has 0 fully saturated rings. The number of benzene rings is 1.